The summed E-state index contributed by atoms with van der Waals surface area (Å²) < 4.78 is 0. The lowest BCUT2D eigenvalue weighted by atomic mass is 9.77. The predicted octanol–water partition coefficient (Wildman–Crippen LogP) is 5.47. The number of hydrogen-bond donors (Lipinski definition) is 3. The smallest absolute Gasteiger partial charge is 0.323 e. The first-order valence-electron chi connectivity index (χ1n) is 9.55. The van der Waals surface area contributed by atoms with Crippen molar-refractivity contribution in [2.45, 2.75) is 44.4 Å². The minimum atomic E-state index is -0.698. The Morgan fingerprint density at radius 3 is 2.04 bits per heavy atom. The van der Waals surface area contributed by atoms with Crippen molar-refractivity contribution in [1.82, 2.24) is 0 Å². The third kappa shape index (κ3) is 5.84. The highest BCUT2D eigenvalue weighted by molar-refractivity contribution is 5.99. The summed E-state index contributed by atoms with van der Waals surface area (Å²) in [7, 11) is 0. The Kier molecular flexibility index (Phi) is 6.47. The fraction of sp³-hybridized carbons (Fsp3) is 0.364. The van der Waals surface area contributed by atoms with Gasteiger partial charge in [-0.25, -0.2) is 4.79 Å². The van der Waals surface area contributed by atoms with Gasteiger partial charge in [0.2, 0.25) is 0 Å². The third-order valence-electron chi connectivity index (χ3n) is 5.28. The number of nitrogens with one attached hydrogen (secondary N) is 2. The van der Waals surface area contributed by atoms with Gasteiger partial charge in [0, 0.05) is 17.8 Å². The Hall–Kier alpha value is -2.82. The minimum absolute atomic E-state index is 0.257. The van der Waals surface area contributed by atoms with Crippen LogP contribution in [0, 0.1) is 5.92 Å². The highest BCUT2D eigenvalue weighted by atomic mass is 16.4. The maximum atomic E-state index is 12.1. The van der Waals surface area contributed by atoms with Gasteiger partial charge in [-0.2, -0.15) is 0 Å². The highest BCUT2D eigenvalue weighted by Crippen LogP contribution is 2.37. The number of carbonyl (C=O) groups is 2. The number of aliphatic carboxylic acids is 1. The van der Waals surface area contributed by atoms with Gasteiger partial charge in [0.1, 0.15) is 0 Å². The van der Waals surface area contributed by atoms with E-state index in [9.17, 15) is 9.59 Å². The molecule has 2 aromatic rings. The summed E-state index contributed by atoms with van der Waals surface area (Å²) >= 11 is 0. The summed E-state index contributed by atoms with van der Waals surface area (Å²) in [5.74, 6) is 0.370. The van der Waals surface area contributed by atoms with E-state index in [2.05, 4.69) is 22.8 Å². The lowest BCUT2D eigenvalue weighted by Crippen LogP contribution is -2.19. The summed E-state index contributed by atoms with van der Waals surface area (Å²) in [6.07, 6.45) is 5.47. The van der Waals surface area contributed by atoms with Crippen molar-refractivity contribution >= 4 is 23.4 Å². The predicted molar refractivity (Wildman–Crippen MR) is 107 cm³/mol. The quantitative estimate of drug-likeness (QED) is 0.634. The molecule has 1 fully saturated rings. The summed E-state index contributed by atoms with van der Waals surface area (Å²) in [6, 6.07) is 17.1. The maximum absolute atomic E-state index is 12.1. The fourth-order valence-corrected chi connectivity index (χ4v) is 3.77. The fourth-order valence-electron chi connectivity index (χ4n) is 3.77. The molecule has 0 bridgehead atoms. The van der Waals surface area contributed by atoms with Crippen molar-refractivity contribution in [2.24, 2.45) is 5.92 Å². The zero-order valence-corrected chi connectivity index (χ0v) is 15.4. The monoisotopic (exact) mass is 366 g/mol. The average Bonchev–Trinajstić information content (AvgIpc) is 2.68. The van der Waals surface area contributed by atoms with Crippen LogP contribution in [0.4, 0.5) is 16.2 Å². The Balaban J connectivity index is 1.47. The standard InChI is InChI=1S/C22H26N2O3/c25-21(26)15-8-16-6-9-17(10-7-16)18-11-13-20(14-12-18)24-22(27)23-19-4-2-1-3-5-19/h1-5,11-14,16-17H,6-10,15H2,(H,25,26)(H2,23,24,27). The van der Waals surface area contributed by atoms with E-state index < -0.39 is 5.97 Å². The van der Waals surface area contributed by atoms with Crippen LogP contribution in [-0.4, -0.2) is 17.1 Å². The molecule has 3 rings (SSSR count). The number of urea groups is 1. The molecule has 0 atom stereocenters. The molecule has 0 radical (unpaired) electrons. The van der Waals surface area contributed by atoms with Gasteiger partial charge in [-0.3, -0.25) is 4.79 Å². The number of carbonyl (C=O) groups excluding carboxylic acids is 1. The number of amides is 2. The number of carboxylic acid groups (broad SMARTS) is 1. The molecule has 0 heterocycles. The molecular formula is C22H26N2O3. The molecule has 1 saturated carbocycles. The molecule has 5 nitrogen and oxygen atoms in total. The van der Waals surface area contributed by atoms with Crippen LogP contribution in [0.2, 0.25) is 0 Å². The summed E-state index contributed by atoms with van der Waals surface area (Å²) in [6.45, 7) is 0. The van der Waals surface area contributed by atoms with E-state index in [1.165, 1.54) is 5.56 Å². The van der Waals surface area contributed by atoms with Crippen LogP contribution in [0.3, 0.4) is 0 Å². The molecule has 0 saturated heterocycles. The van der Waals surface area contributed by atoms with Gasteiger partial charge in [-0.15, -0.1) is 0 Å². The second-order valence-corrected chi connectivity index (χ2v) is 7.22. The van der Waals surface area contributed by atoms with Crippen LogP contribution in [0.25, 0.3) is 0 Å². The zero-order chi connectivity index (χ0) is 19.1. The lowest BCUT2D eigenvalue weighted by Gasteiger charge is -2.28. The molecule has 1 aliphatic rings. The van der Waals surface area contributed by atoms with Crippen LogP contribution in [0.15, 0.2) is 54.6 Å². The number of benzene rings is 2. The first-order valence-corrected chi connectivity index (χ1v) is 9.55. The van der Waals surface area contributed by atoms with Crippen LogP contribution in [0.1, 0.15) is 50.0 Å². The highest BCUT2D eigenvalue weighted by Gasteiger charge is 2.22. The lowest BCUT2D eigenvalue weighted by molar-refractivity contribution is -0.137. The van der Waals surface area contributed by atoms with Gasteiger partial charge in [-0.1, -0.05) is 30.3 Å². The third-order valence-corrected chi connectivity index (χ3v) is 5.28. The molecule has 3 N–H and O–H groups in total. The van der Waals surface area contributed by atoms with Gasteiger partial charge in [0.15, 0.2) is 0 Å². The molecule has 142 valence electrons. The van der Waals surface area contributed by atoms with Gasteiger partial charge in [0.25, 0.3) is 0 Å². The second kappa shape index (κ2) is 9.21. The van der Waals surface area contributed by atoms with Crippen molar-refractivity contribution in [2.75, 3.05) is 10.6 Å². The average molecular weight is 366 g/mol. The van der Waals surface area contributed by atoms with E-state index >= 15 is 0 Å². The summed E-state index contributed by atoms with van der Waals surface area (Å²) in [4.78, 5) is 22.8. The Bertz CT molecular complexity index is 751. The molecule has 27 heavy (non-hydrogen) atoms. The van der Waals surface area contributed by atoms with Crippen LogP contribution in [0.5, 0.6) is 0 Å². The van der Waals surface area contributed by atoms with E-state index in [-0.39, 0.29) is 12.5 Å². The van der Waals surface area contributed by atoms with E-state index in [0.717, 1.165) is 43.5 Å². The van der Waals surface area contributed by atoms with Crippen molar-refractivity contribution in [3.63, 3.8) is 0 Å². The van der Waals surface area contributed by atoms with E-state index in [0.29, 0.717) is 11.8 Å². The van der Waals surface area contributed by atoms with E-state index in [4.69, 9.17) is 5.11 Å². The number of para-hydroxylation sites is 1. The van der Waals surface area contributed by atoms with Crippen LogP contribution in [-0.2, 0) is 4.79 Å². The molecule has 0 aliphatic heterocycles. The molecule has 2 amide bonds. The topological polar surface area (TPSA) is 78.4 Å². The minimum Gasteiger partial charge on any atom is -0.481 e. The number of hydrogen-bond acceptors (Lipinski definition) is 2. The molecular weight excluding hydrogens is 340 g/mol. The molecule has 2 aromatic carbocycles. The maximum Gasteiger partial charge on any atom is 0.323 e. The number of rotatable bonds is 6. The first-order chi connectivity index (χ1) is 13.1. The first kappa shape index (κ1) is 19.0. The molecule has 0 unspecified atom stereocenters. The Morgan fingerprint density at radius 2 is 1.44 bits per heavy atom. The van der Waals surface area contributed by atoms with Gasteiger partial charge in [0.05, 0.1) is 0 Å². The summed E-state index contributed by atoms with van der Waals surface area (Å²) in [5.41, 5.74) is 2.81. The summed E-state index contributed by atoms with van der Waals surface area (Å²) in [5, 5.41) is 14.5. The van der Waals surface area contributed by atoms with Crippen molar-refractivity contribution in [3.05, 3.63) is 60.2 Å². The van der Waals surface area contributed by atoms with Crippen molar-refractivity contribution < 1.29 is 14.7 Å². The zero-order valence-electron chi connectivity index (χ0n) is 15.4. The van der Waals surface area contributed by atoms with Crippen LogP contribution < -0.4 is 10.6 Å². The molecule has 0 aromatic heterocycles. The Labute approximate surface area is 159 Å². The van der Waals surface area contributed by atoms with Gasteiger partial charge in [-0.05, 0) is 73.8 Å². The second-order valence-electron chi connectivity index (χ2n) is 7.22. The largest absolute Gasteiger partial charge is 0.481 e. The van der Waals surface area contributed by atoms with E-state index in [1.54, 1.807) is 0 Å². The van der Waals surface area contributed by atoms with Crippen molar-refractivity contribution in [3.8, 4) is 0 Å². The van der Waals surface area contributed by atoms with Gasteiger partial charge >= 0.3 is 12.0 Å². The normalized spacial score (nSPS) is 19.3. The van der Waals surface area contributed by atoms with Gasteiger partial charge < -0.3 is 15.7 Å². The van der Waals surface area contributed by atoms with Crippen molar-refractivity contribution in [1.29, 1.82) is 0 Å². The molecule has 5 heteroatoms. The number of anilines is 2. The SMILES string of the molecule is O=C(O)CCC1CCC(c2ccc(NC(=O)Nc3ccccc3)cc2)CC1. The van der Waals surface area contributed by atoms with Crippen LogP contribution >= 0.6 is 0 Å². The Morgan fingerprint density at radius 1 is 0.852 bits per heavy atom. The van der Waals surface area contributed by atoms with E-state index in [1.807, 2.05) is 42.5 Å². The number of carboxylic acids is 1. The molecule has 1 aliphatic carbocycles. The molecule has 0 spiro atoms.